The van der Waals surface area contributed by atoms with Gasteiger partial charge in [0.05, 0.1) is 35.3 Å². The molecule has 7 nitrogen and oxygen atoms in total. The Morgan fingerprint density at radius 2 is 2.10 bits per heavy atom. The third-order valence-electron chi connectivity index (χ3n) is 3.07. The van der Waals surface area contributed by atoms with Crippen LogP contribution in [0.4, 0.5) is 5.95 Å². The summed E-state index contributed by atoms with van der Waals surface area (Å²) in [6, 6.07) is 8.91. The fraction of sp³-hybridized carbons (Fsp3) is 0.385. The molecular weight excluding hydrogens is 290 g/mol. The Balaban J connectivity index is 2.68. The molecule has 0 saturated carbocycles. The third-order valence-corrected chi connectivity index (χ3v) is 5.13. The first-order chi connectivity index (χ1) is 9.89. The molecule has 8 heteroatoms. The lowest BCUT2D eigenvalue weighted by molar-refractivity contribution is 0.578. The predicted molar refractivity (Wildman–Crippen MR) is 81.0 cm³/mol. The van der Waals surface area contributed by atoms with Crippen molar-refractivity contribution in [3.8, 4) is 6.07 Å². The molecule has 0 amide bonds. The molecule has 0 saturated heterocycles. The largest absolute Gasteiger partial charge is 0.278 e. The molecule has 112 valence electrons. The van der Waals surface area contributed by atoms with E-state index in [2.05, 4.69) is 4.98 Å². The van der Waals surface area contributed by atoms with Gasteiger partial charge in [-0.1, -0.05) is 12.1 Å². The number of nitrogens with two attached hydrogens (primary N) is 1. The average molecular weight is 307 g/mol. The first-order valence-electron chi connectivity index (χ1n) is 6.50. The standard InChI is InChI=1S/C13H17N5O2S/c1-10(2)21(19,20)18-12-7-4-3-6-11(12)16-13(18)17(15)9-5-8-14/h3-4,6-7,10H,5,9,15H2,1-2H3. The molecule has 0 unspecified atom stereocenters. The number of nitrogens with zero attached hydrogens (tertiary/aromatic N) is 4. The Hall–Kier alpha value is -2.11. The van der Waals surface area contributed by atoms with E-state index in [-0.39, 0.29) is 18.9 Å². The lowest BCUT2D eigenvalue weighted by Gasteiger charge is -2.19. The summed E-state index contributed by atoms with van der Waals surface area (Å²) >= 11 is 0. The highest BCUT2D eigenvalue weighted by molar-refractivity contribution is 7.90. The molecule has 0 aliphatic rings. The Labute approximate surface area is 123 Å². The van der Waals surface area contributed by atoms with Gasteiger partial charge < -0.3 is 0 Å². The molecule has 1 aromatic heterocycles. The summed E-state index contributed by atoms with van der Waals surface area (Å²) in [4.78, 5) is 4.29. The summed E-state index contributed by atoms with van der Waals surface area (Å²) in [6.45, 7) is 3.40. The Morgan fingerprint density at radius 3 is 2.71 bits per heavy atom. The fourth-order valence-electron chi connectivity index (χ4n) is 1.90. The summed E-state index contributed by atoms with van der Waals surface area (Å²) in [7, 11) is -3.61. The Morgan fingerprint density at radius 1 is 1.43 bits per heavy atom. The van der Waals surface area contributed by atoms with E-state index in [1.165, 1.54) is 5.01 Å². The van der Waals surface area contributed by atoms with Crippen molar-refractivity contribution in [3.05, 3.63) is 24.3 Å². The summed E-state index contributed by atoms with van der Waals surface area (Å²) in [5, 5.41) is 9.23. The monoisotopic (exact) mass is 307 g/mol. The molecule has 2 N–H and O–H groups in total. The van der Waals surface area contributed by atoms with Gasteiger partial charge in [-0.2, -0.15) is 5.26 Å². The van der Waals surface area contributed by atoms with E-state index in [0.29, 0.717) is 11.0 Å². The van der Waals surface area contributed by atoms with Gasteiger partial charge in [-0.15, -0.1) is 0 Å². The number of hydrogen-bond acceptors (Lipinski definition) is 6. The van der Waals surface area contributed by atoms with Crippen molar-refractivity contribution in [2.75, 3.05) is 11.6 Å². The minimum absolute atomic E-state index is 0.125. The lowest BCUT2D eigenvalue weighted by atomic mass is 10.3. The van der Waals surface area contributed by atoms with Gasteiger partial charge in [0.2, 0.25) is 16.0 Å². The number of imidazole rings is 1. The molecule has 0 bridgehead atoms. The van der Waals surface area contributed by atoms with Crippen molar-refractivity contribution in [3.63, 3.8) is 0 Å². The number of benzene rings is 1. The lowest BCUT2D eigenvalue weighted by Crippen LogP contribution is -2.36. The molecule has 0 atom stereocenters. The van der Waals surface area contributed by atoms with Gasteiger partial charge >= 0.3 is 0 Å². The maximum absolute atomic E-state index is 12.6. The first kappa shape index (κ1) is 15.3. The van der Waals surface area contributed by atoms with Crippen molar-refractivity contribution < 1.29 is 8.42 Å². The van der Waals surface area contributed by atoms with Crippen LogP contribution < -0.4 is 10.9 Å². The van der Waals surface area contributed by atoms with Crippen LogP contribution in [0.15, 0.2) is 24.3 Å². The first-order valence-corrected chi connectivity index (χ1v) is 8.01. The third kappa shape index (κ3) is 2.70. The van der Waals surface area contributed by atoms with Crippen LogP contribution in [0.3, 0.4) is 0 Å². The number of anilines is 1. The summed E-state index contributed by atoms with van der Waals surface area (Å²) < 4.78 is 26.3. The molecule has 0 fully saturated rings. The van der Waals surface area contributed by atoms with E-state index in [0.717, 1.165) is 3.97 Å². The number of aromatic nitrogens is 2. The Bertz CT molecular complexity index is 788. The van der Waals surface area contributed by atoms with Crippen molar-refractivity contribution in [1.82, 2.24) is 8.96 Å². The van der Waals surface area contributed by atoms with E-state index in [4.69, 9.17) is 11.1 Å². The smallest absolute Gasteiger partial charge is 0.244 e. The zero-order valence-electron chi connectivity index (χ0n) is 11.9. The molecule has 0 spiro atoms. The van der Waals surface area contributed by atoms with Gasteiger partial charge in [-0.25, -0.2) is 23.2 Å². The molecular formula is C13H17N5O2S. The minimum atomic E-state index is -3.61. The molecule has 2 aromatic rings. The molecule has 2 rings (SSSR count). The number of fused-ring (bicyclic) bond motifs is 1. The zero-order valence-corrected chi connectivity index (χ0v) is 12.7. The highest BCUT2D eigenvalue weighted by Crippen LogP contribution is 2.25. The predicted octanol–water partition coefficient (Wildman–Crippen LogP) is 1.22. The number of para-hydroxylation sites is 2. The van der Waals surface area contributed by atoms with Gasteiger partial charge in [0, 0.05) is 0 Å². The van der Waals surface area contributed by atoms with E-state index in [9.17, 15) is 8.42 Å². The van der Waals surface area contributed by atoms with E-state index in [1.807, 2.05) is 6.07 Å². The highest BCUT2D eigenvalue weighted by atomic mass is 32.2. The number of hydrogen-bond donors (Lipinski definition) is 1. The maximum atomic E-state index is 12.6. The van der Waals surface area contributed by atoms with Crippen molar-refractivity contribution in [1.29, 1.82) is 5.26 Å². The maximum Gasteiger partial charge on any atom is 0.244 e. The highest BCUT2D eigenvalue weighted by Gasteiger charge is 2.27. The second-order valence-corrected chi connectivity index (χ2v) is 7.20. The van der Waals surface area contributed by atoms with Crippen molar-refractivity contribution in [2.24, 2.45) is 5.84 Å². The van der Waals surface area contributed by atoms with Gasteiger partial charge in [0.25, 0.3) is 0 Å². The van der Waals surface area contributed by atoms with Gasteiger partial charge in [0.15, 0.2) is 0 Å². The van der Waals surface area contributed by atoms with Crippen LogP contribution in [0, 0.1) is 11.3 Å². The normalized spacial score (nSPS) is 11.8. The number of nitriles is 1. The van der Waals surface area contributed by atoms with Gasteiger partial charge in [0.1, 0.15) is 0 Å². The summed E-state index contributed by atoms with van der Waals surface area (Å²) in [6.07, 6.45) is 0.182. The SMILES string of the molecule is CC(C)S(=O)(=O)n1c(N(N)CCC#N)nc2ccccc21. The van der Waals surface area contributed by atoms with Crippen molar-refractivity contribution >= 4 is 27.0 Å². The van der Waals surface area contributed by atoms with Crippen LogP contribution in [0.2, 0.25) is 0 Å². The number of rotatable bonds is 5. The Kier molecular flexibility index (Phi) is 4.16. The van der Waals surface area contributed by atoms with Crippen LogP contribution in [0.5, 0.6) is 0 Å². The average Bonchev–Trinajstić information content (AvgIpc) is 2.84. The number of hydrazine groups is 1. The fourth-order valence-corrected chi connectivity index (χ4v) is 3.13. The second-order valence-electron chi connectivity index (χ2n) is 4.86. The van der Waals surface area contributed by atoms with Crippen LogP contribution in [-0.4, -0.2) is 29.2 Å². The molecule has 1 aromatic carbocycles. The molecule has 21 heavy (non-hydrogen) atoms. The van der Waals surface area contributed by atoms with Crippen LogP contribution in [-0.2, 0) is 10.0 Å². The van der Waals surface area contributed by atoms with E-state index in [1.54, 1.807) is 38.1 Å². The second kappa shape index (κ2) is 5.71. The summed E-state index contributed by atoms with van der Waals surface area (Å²) in [5.41, 5.74) is 1.03. The molecule has 0 aliphatic carbocycles. The zero-order chi connectivity index (χ0) is 15.6. The van der Waals surface area contributed by atoms with Gasteiger partial charge in [-0.05, 0) is 26.0 Å². The minimum Gasteiger partial charge on any atom is -0.278 e. The van der Waals surface area contributed by atoms with Crippen LogP contribution in [0.1, 0.15) is 20.3 Å². The quantitative estimate of drug-likeness (QED) is 0.657. The van der Waals surface area contributed by atoms with E-state index < -0.39 is 15.3 Å². The van der Waals surface area contributed by atoms with E-state index >= 15 is 0 Å². The molecule has 0 radical (unpaired) electrons. The molecule has 1 heterocycles. The van der Waals surface area contributed by atoms with Gasteiger partial charge in [-0.3, -0.25) is 5.01 Å². The topological polar surface area (TPSA) is 105 Å². The van der Waals surface area contributed by atoms with Crippen LogP contribution >= 0.6 is 0 Å². The van der Waals surface area contributed by atoms with Crippen LogP contribution in [0.25, 0.3) is 11.0 Å². The molecule has 0 aliphatic heterocycles. The summed E-state index contributed by atoms with van der Waals surface area (Å²) in [5.74, 6) is 6.00. The van der Waals surface area contributed by atoms with Crippen molar-refractivity contribution in [2.45, 2.75) is 25.5 Å².